The molecule has 0 aliphatic carbocycles. The molecule has 0 bridgehead atoms. The third kappa shape index (κ3) is 2.77. The van der Waals surface area contributed by atoms with Crippen LogP contribution in [-0.4, -0.2) is 43.7 Å². The molecule has 0 fully saturated rings. The van der Waals surface area contributed by atoms with Crippen LogP contribution in [0.3, 0.4) is 0 Å². The molecule has 0 amide bonds. The molecule has 1 aromatic heterocycles. The van der Waals surface area contributed by atoms with E-state index in [9.17, 15) is 19.8 Å². The highest BCUT2D eigenvalue weighted by Crippen LogP contribution is 2.41. The normalized spacial score (nSPS) is 15.6. The minimum atomic E-state index is -1.13. The molecule has 0 spiro atoms. The van der Waals surface area contributed by atoms with E-state index in [4.69, 9.17) is 0 Å². The van der Waals surface area contributed by atoms with Gasteiger partial charge in [-0.15, -0.1) is 0 Å². The Morgan fingerprint density at radius 1 is 1.08 bits per heavy atom. The minimum Gasteiger partial charge on any atom is -0.478 e. The number of hydrogen-bond acceptors (Lipinski definition) is 4. The molecule has 1 aliphatic rings. The summed E-state index contributed by atoms with van der Waals surface area (Å²) in [5, 5.41) is 19.6. The van der Waals surface area contributed by atoms with Crippen molar-refractivity contribution in [2.45, 2.75) is 19.8 Å². The van der Waals surface area contributed by atoms with Crippen molar-refractivity contribution in [2.24, 2.45) is 0 Å². The maximum Gasteiger partial charge on any atom is 0.334 e. The van der Waals surface area contributed by atoms with Gasteiger partial charge >= 0.3 is 11.9 Å². The Morgan fingerprint density at radius 3 is 2.19 bits per heavy atom. The number of imidazole rings is 1. The van der Waals surface area contributed by atoms with Gasteiger partial charge in [-0.05, 0) is 31.5 Å². The second-order valence-electron chi connectivity index (χ2n) is 6.17. The first kappa shape index (κ1) is 17.5. The van der Waals surface area contributed by atoms with Gasteiger partial charge in [-0.3, -0.25) is 0 Å². The first-order valence-electron chi connectivity index (χ1n) is 8.03. The van der Waals surface area contributed by atoms with Crippen molar-refractivity contribution in [1.82, 2.24) is 14.5 Å². The highest BCUT2D eigenvalue weighted by Gasteiger charge is 2.38. The SMILES string of the molecule is CC1=C(C(=O)O)C(c2cccc(-n3ccnc3)c2)C(C(=O)O)=C(C)N1C. The van der Waals surface area contributed by atoms with E-state index in [1.165, 1.54) is 0 Å². The van der Waals surface area contributed by atoms with Crippen molar-refractivity contribution in [3.63, 3.8) is 0 Å². The molecule has 3 rings (SSSR count). The van der Waals surface area contributed by atoms with Crippen molar-refractivity contribution in [3.05, 3.63) is 71.1 Å². The van der Waals surface area contributed by atoms with Crippen LogP contribution in [0.5, 0.6) is 0 Å². The monoisotopic (exact) mass is 353 g/mol. The molecule has 2 N–H and O–H groups in total. The molecule has 1 aliphatic heterocycles. The lowest BCUT2D eigenvalue weighted by Gasteiger charge is -2.34. The molecule has 7 nitrogen and oxygen atoms in total. The van der Waals surface area contributed by atoms with Gasteiger partial charge < -0.3 is 19.7 Å². The molecule has 0 radical (unpaired) electrons. The second kappa shape index (κ2) is 6.51. The van der Waals surface area contributed by atoms with Gasteiger partial charge in [0.2, 0.25) is 0 Å². The molecule has 7 heteroatoms. The third-order valence-electron chi connectivity index (χ3n) is 4.83. The number of carboxylic acids is 2. The second-order valence-corrected chi connectivity index (χ2v) is 6.17. The van der Waals surface area contributed by atoms with Gasteiger partial charge in [0.15, 0.2) is 0 Å². The predicted octanol–water partition coefficient (Wildman–Crippen LogP) is 2.62. The highest BCUT2D eigenvalue weighted by atomic mass is 16.4. The third-order valence-corrected chi connectivity index (χ3v) is 4.83. The number of hydrogen-bond donors (Lipinski definition) is 2. The zero-order valence-corrected chi connectivity index (χ0v) is 14.7. The summed E-state index contributed by atoms with van der Waals surface area (Å²) in [5.74, 6) is -3.11. The number of carboxylic acid groups (broad SMARTS) is 2. The van der Waals surface area contributed by atoms with E-state index in [2.05, 4.69) is 4.98 Å². The summed E-state index contributed by atoms with van der Waals surface area (Å²) in [4.78, 5) is 29.6. The van der Waals surface area contributed by atoms with Crippen LogP contribution in [0.4, 0.5) is 0 Å². The van der Waals surface area contributed by atoms with Crippen molar-refractivity contribution < 1.29 is 19.8 Å². The Kier molecular flexibility index (Phi) is 4.38. The van der Waals surface area contributed by atoms with Crippen molar-refractivity contribution in [2.75, 3.05) is 7.05 Å². The van der Waals surface area contributed by atoms with Crippen LogP contribution in [0.1, 0.15) is 25.3 Å². The summed E-state index contributed by atoms with van der Waals surface area (Å²) >= 11 is 0. The Labute approximate surface area is 150 Å². The maximum absolute atomic E-state index is 12.0. The molecule has 1 aromatic carbocycles. The van der Waals surface area contributed by atoms with Crippen LogP contribution in [0, 0.1) is 0 Å². The van der Waals surface area contributed by atoms with E-state index in [0.717, 1.165) is 5.69 Å². The Bertz CT molecular complexity index is 903. The van der Waals surface area contributed by atoms with E-state index in [-0.39, 0.29) is 11.1 Å². The molecule has 0 unspecified atom stereocenters. The molecule has 2 heterocycles. The van der Waals surface area contributed by atoms with Crippen LogP contribution in [0.25, 0.3) is 5.69 Å². The van der Waals surface area contributed by atoms with E-state index in [1.54, 1.807) is 67.3 Å². The minimum absolute atomic E-state index is 0.0679. The summed E-state index contributed by atoms with van der Waals surface area (Å²) in [7, 11) is 1.68. The summed E-state index contributed by atoms with van der Waals surface area (Å²) in [6.45, 7) is 3.39. The number of benzene rings is 1. The molecule has 26 heavy (non-hydrogen) atoms. The van der Waals surface area contributed by atoms with Crippen molar-refractivity contribution in [3.8, 4) is 5.69 Å². The topological polar surface area (TPSA) is 95.7 Å². The molecule has 2 aromatic rings. The van der Waals surface area contributed by atoms with Gasteiger partial charge in [-0.2, -0.15) is 0 Å². The van der Waals surface area contributed by atoms with E-state index >= 15 is 0 Å². The first-order valence-corrected chi connectivity index (χ1v) is 8.03. The average molecular weight is 353 g/mol. The fourth-order valence-corrected chi connectivity index (χ4v) is 3.34. The van der Waals surface area contributed by atoms with Gasteiger partial charge in [0.25, 0.3) is 0 Å². The zero-order chi connectivity index (χ0) is 19.0. The van der Waals surface area contributed by atoms with Crippen LogP contribution < -0.4 is 0 Å². The largest absolute Gasteiger partial charge is 0.478 e. The summed E-state index contributed by atoms with van der Waals surface area (Å²) in [6, 6.07) is 7.19. The van der Waals surface area contributed by atoms with Gasteiger partial charge in [0, 0.05) is 36.5 Å². The predicted molar refractivity (Wildman–Crippen MR) is 94.7 cm³/mol. The van der Waals surface area contributed by atoms with Gasteiger partial charge in [-0.1, -0.05) is 12.1 Å². The standard InChI is InChI=1S/C19H19N3O4/c1-11-15(18(23)24)17(16(19(25)26)12(2)21(11)3)13-5-4-6-14(9-13)22-8-7-20-10-22/h4-10,17H,1-3H3,(H,23,24)(H,25,26). The van der Waals surface area contributed by atoms with Crippen LogP contribution in [0.2, 0.25) is 0 Å². The fourth-order valence-electron chi connectivity index (χ4n) is 3.34. The molecule has 0 atom stereocenters. The number of carbonyl (C=O) groups is 2. The van der Waals surface area contributed by atoms with Gasteiger partial charge in [-0.25, -0.2) is 14.6 Å². The quantitative estimate of drug-likeness (QED) is 0.877. The van der Waals surface area contributed by atoms with E-state index in [0.29, 0.717) is 17.0 Å². The Morgan fingerprint density at radius 2 is 1.69 bits per heavy atom. The molecular weight excluding hydrogens is 334 g/mol. The Hall–Kier alpha value is -3.35. The summed E-state index contributed by atoms with van der Waals surface area (Å²) in [5.41, 5.74) is 2.58. The molecular formula is C19H19N3O4. The lowest BCUT2D eigenvalue weighted by atomic mass is 9.80. The molecule has 134 valence electrons. The van der Waals surface area contributed by atoms with Crippen LogP contribution in [-0.2, 0) is 9.59 Å². The molecule has 0 saturated heterocycles. The number of aromatic nitrogens is 2. The smallest absolute Gasteiger partial charge is 0.334 e. The fraction of sp³-hybridized carbons (Fsp3) is 0.211. The highest BCUT2D eigenvalue weighted by molar-refractivity contribution is 5.98. The van der Waals surface area contributed by atoms with Gasteiger partial charge in [0.05, 0.1) is 23.4 Å². The van der Waals surface area contributed by atoms with E-state index in [1.807, 2.05) is 6.07 Å². The lowest BCUT2D eigenvalue weighted by molar-refractivity contribution is -0.133. The molecule has 0 saturated carbocycles. The van der Waals surface area contributed by atoms with E-state index < -0.39 is 17.9 Å². The van der Waals surface area contributed by atoms with Crippen LogP contribution >= 0.6 is 0 Å². The number of nitrogens with zero attached hydrogens (tertiary/aromatic N) is 3. The van der Waals surface area contributed by atoms with Crippen molar-refractivity contribution >= 4 is 11.9 Å². The number of rotatable bonds is 4. The van der Waals surface area contributed by atoms with Crippen LogP contribution in [0.15, 0.2) is 65.5 Å². The lowest BCUT2D eigenvalue weighted by Crippen LogP contribution is -2.32. The first-order chi connectivity index (χ1) is 12.3. The number of aliphatic carboxylic acids is 2. The van der Waals surface area contributed by atoms with Crippen molar-refractivity contribution in [1.29, 1.82) is 0 Å². The zero-order valence-electron chi connectivity index (χ0n) is 14.7. The average Bonchev–Trinajstić information content (AvgIpc) is 3.13. The number of allylic oxidation sites excluding steroid dienone is 2. The Balaban J connectivity index is 2.23. The summed E-state index contributed by atoms with van der Waals surface area (Å²) in [6.07, 6.45) is 5.04. The maximum atomic E-state index is 12.0. The summed E-state index contributed by atoms with van der Waals surface area (Å²) < 4.78 is 1.78. The van der Waals surface area contributed by atoms with Gasteiger partial charge in [0.1, 0.15) is 0 Å².